The maximum Gasteiger partial charge on any atom is 0.354 e. The average molecular weight is 435 g/mol. The second-order valence-electron chi connectivity index (χ2n) is 8.03. The number of benzene rings is 1. The van der Waals surface area contributed by atoms with Crippen LogP contribution in [-0.4, -0.2) is 27.4 Å². The van der Waals surface area contributed by atoms with Crippen molar-refractivity contribution in [1.82, 2.24) is 9.71 Å². The van der Waals surface area contributed by atoms with Gasteiger partial charge in [0, 0.05) is 5.69 Å². The lowest BCUT2D eigenvalue weighted by Crippen LogP contribution is -2.21. The third-order valence-corrected chi connectivity index (χ3v) is 9.13. The molecule has 0 fully saturated rings. The molecule has 1 aromatic carbocycles. The van der Waals surface area contributed by atoms with Gasteiger partial charge in [0.1, 0.15) is 14.8 Å². The fourth-order valence-corrected chi connectivity index (χ4v) is 6.63. The lowest BCUT2D eigenvalue weighted by molar-refractivity contribution is 0.0783. The van der Waals surface area contributed by atoms with Crippen LogP contribution in [0.25, 0.3) is 0 Å². The molecule has 0 spiro atoms. The largest absolute Gasteiger partial charge is 0.383 e. The van der Waals surface area contributed by atoms with Gasteiger partial charge in [0.05, 0.1) is 6.20 Å². The van der Waals surface area contributed by atoms with Crippen LogP contribution in [0.2, 0.25) is 0 Å². The van der Waals surface area contributed by atoms with E-state index in [4.69, 9.17) is 0 Å². The van der Waals surface area contributed by atoms with Crippen molar-refractivity contribution >= 4 is 33.0 Å². The van der Waals surface area contributed by atoms with Crippen LogP contribution in [0, 0.1) is 0 Å². The van der Waals surface area contributed by atoms with Crippen molar-refractivity contribution in [2.24, 2.45) is 4.36 Å². The summed E-state index contributed by atoms with van der Waals surface area (Å²) in [6, 6.07) is 1.67. The second-order valence-corrected chi connectivity index (χ2v) is 11.4. The van der Waals surface area contributed by atoms with E-state index < -0.39 is 21.5 Å². The molecular formula is C20H26N4O3S2. The number of amides is 2. The van der Waals surface area contributed by atoms with Crippen LogP contribution >= 0.6 is 11.3 Å². The normalized spacial score (nSPS) is 17.5. The van der Waals surface area contributed by atoms with Crippen molar-refractivity contribution in [3.05, 3.63) is 39.5 Å². The van der Waals surface area contributed by atoms with Crippen molar-refractivity contribution in [2.75, 3.05) is 12.4 Å². The minimum absolute atomic E-state index is 0.316. The third kappa shape index (κ3) is 3.84. The Labute approximate surface area is 175 Å². The van der Waals surface area contributed by atoms with Gasteiger partial charge in [-0.2, -0.15) is 0 Å². The van der Waals surface area contributed by atoms with Crippen LogP contribution < -0.4 is 10.0 Å². The van der Waals surface area contributed by atoms with Crippen LogP contribution in [0.4, 0.5) is 10.5 Å². The molecule has 0 radical (unpaired) electrons. The number of aromatic nitrogens is 1. The molecule has 1 atom stereocenters. The van der Waals surface area contributed by atoms with Crippen LogP contribution in [0.1, 0.15) is 54.0 Å². The van der Waals surface area contributed by atoms with Gasteiger partial charge in [0.25, 0.3) is 0 Å². The van der Waals surface area contributed by atoms with Gasteiger partial charge in [-0.05, 0) is 81.7 Å². The maximum absolute atomic E-state index is 13.3. The van der Waals surface area contributed by atoms with Gasteiger partial charge in [-0.1, -0.05) is 6.07 Å². The van der Waals surface area contributed by atoms with Gasteiger partial charge >= 0.3 is 6.03 Å². The number of carbonyl (C=O) groups is 1. The smallest absolute Gasteiger partial charge is 0.354 e. The Kier molecular flexibility index (Phi) is 5.27. The van der Waals surface area contributed by atoms with E-state index in [0.717, 1.165) is 55.5 Å². The number of rotatable bonds is 4. The van der Waals surface area contributed by atoms with E-state index in [1.807, 2.05) is 0 Å². The Bertz CT molecular complexity index is 1060. The topological polar surface area (TPSA) is 104 Å². The molecule has 29 heavy (non-hydrogen) atoms. The number of anilines is 1. The molecular weight excluding hydrogens is 408 g/mol. The number of nitrogens with zero attached hydrogens (tertiary/aromatic N) is 2. The highest BCUT2D eigenvalue weighted by molar-refractivity contribution is 7.94. The molecule has 0 bridgehead atoms. The summed E-state index contributed by atoms with van der Waals surface area (Å²) in [4.78, 5) is 16.9. The molecule has 0 saturated carbocycles. The van der Waals surface area contributed by atoms with Crippen LogP contribution in [0.15, 0.2) is 20.8 Å². The Morgan fingerprint density at radius 1 is 1.21 bits per heavy atom. The molecule has 3 N–H and O–H groups in total. The molecule has 1 aromatic heterocycles. The van der Waals surface area contributed by atoms with E-state index in [9.17, 15) is 14.1 Å². The molecule has 0 saturated heterocycles. The van der Waals surface area contributed by atoms with Gasteiger partial charge in [0.2, 0.25) is 0 Å². The molecule has 2 aromatic rings. The van der Waals surface area contributed by atoms with Gasteiger partial charge in [-0.3, -0.25) is 0 Å². The van der Waals surface area contributed by atoms with Gasteiger partial charge < -0.3 is 10.4 Å². The molecule has 2 amide bonds. The predicted octanol–water partition coefficient (Wildman–Crippen LogP) is 3.54. The number of thiazole rings is 1. The number of nitrogens with one attached hydrogen (secondary N) is 2. The first-order valence-electron chi connectivity index (χ1n) is 9.83. The van der Waals surface area contributed by atoms with E-state index in [0.29, 0.717) is 9.22 Å². The summed E-state index contributed by atoms with van der Waals surface area (Å²) in [5.74, 6) is 0. The highest BCUT2D eigenvalue weighted by Crippen LogP contribution is 2.38. The number of urea groups is 1. The molecule has 2 aliphatic rings. The van der Waals surface area contributed by atoms with Gasteiger partial charge in [0.15, 0.2) is 9.92 Å². The van der Waals surface area contributed by atoms with Crippen molar-refractivity contribution in [3.8, 4) is 0 Å². The van der Waals surface area contributed by atoms with E-state index in [2.05, 4.69) is 25.5 Å². The predicted molar refractivity (Wildman–Crippen MR) is 115 cm³/mol. The molecule has 0 aliphatic heterocycles. The quantitative estimate of drug-likeness (QED) is 0.685. The number of hydrogen-bond donors (Lipinski definition) is 3. The third-order valence-electron chi connectivity index (χ3n) is 5.47. The summed E-state index contributed by atoms with van der Waals surface area (Å²) in [7, 11) is -1.68. The fraction of sp³-hybridized carbons (Fsp3) is 0.500. The van der Waals surface area contributed by atoms with Crippen LogP contribution in [-0.2, 0) is 41.2 Å². The number of hydrogen-bond acceptors (Lipinski definition) is 5. The highest BCUT2D eigenvalue weighted by Gasteiger charge is 2.27. The molecule has 9 heteroatoms. The average Bonchev–Trinajstić information content (AvgIpc) is 3.40. The number of aliphatic hydroxyl groups is 1. The summed E-state index contributed by atoms with van der Waals surface area (Å²) >= 11 is 1.09. The zero-order valence-corrected chi connectivity index (χ0v) is 18.5. The molecule has 7 nitrogen and oxygen atoms in total. The number of fused-ring (bicyclic) bond motifs is 2. The van der Waals surface area contributed by atoms with E-state index in [1.165, 1.54) is 35.5 Å². The molecule has 156 valence electrons. The lowest BCUT2D eigenvalue weighted by Gasteiger charge is -2.15. The van der Waals surface area contributed by atoms with Crippen molar-refractivity contribution in [2.45, 2.75) is 62.2 Å². The van der Waals surface area contributed by atoms with E-state index in [1.54, 1.807) is 13.8 Å². The number of carbonyl (C=O) groups excluding carboxylic acids is 1. The zero-order chi connectivity index (χ0) is 20.8. The minimum Gasteiger partial charge on any atom is -0.383 e. The Balaban J connectivity index is 1.68. The molecule has 1 unspecified atom stereocenters. The zero-order valence-electron chi connectivity index (χ0n) is 16.9. The van der Waals surface area contributed by atoms with Crippen LogP contribution in [0.5, 0.6) is 0 Å². The SMILES string of the molecule is CNS(=O)(=NC(=O)Nc1c2c(cc3c1CCC3)CCC2)c1cnc(C(C)(C)O)s1. The monoisotopic (exact) mass is 434 g/mol. The standard InChI is InChI=1S/C20H26N4O3S2/c1-20(2,26)18-22-11-16(28-18)29(27,21-3)24-19(25)23-17-14-8-4-6-12(14)10-13-7-5-9-15(13)17/h10-11,26H,4-9H2,1-3H3,(H2,21,23,24,25,27). The summed E-state index contributed by atoms with van der Waals surface area (Å²) in [6.45, 7) is 3.22. The summed E-state index contributed by atoms with van der Waals surface area (Å²) in [6.07, 6.45) is 7.56. The highest BCUT2D eigenvalue weighted by atomic mass is 32.2. The maximum atomic E-state index is 13.3. The van der Waals surface area contributed by atoms with Crippen molar-refractivity contribution in [1.29, 1.82) is 0 Å². The van der Waals surface area contributed by atoms with Crippen molar-refractivity contribution < 1.29 is 14.1 Å². The van der Waals surface area contributed by atoms with Crippen molar-refractivity contribution in [3.63, 3.8) is 0 Å². The van der Waals surface area contributed by atoms with Gasteiger partial charge in [-0.25, -0.2) is 18.7 Å². The minimum atomic E-state index is -3.18. The summed E-state index contributed by atoms with van der Waals surface area (Å²) in [5, 5.41) is 13.5. The first-order chi connectivity index (χ1) is 13.7. The summed E-state index contributed by atoms with van der Waals surface area (Å²) < 4.78 is 20.3. The van der Waals surface area contributed by atoms with E-state index >= 15 is 0 Å². The Morgan fingerprint density at radius 2 is 1.83 bits per heavy atom. The Hall–Kier alpha value is -1.81. The molecule has 4 rings (SSSR count). The first-order valence-corrected chi connectivity index (χ1v) is 12.2. The first kappa shape index (κ1) is 20.5. The summed E-state index contributed by atoms with van der Waals surface area (Å²) in [5.41, 5.74) is 4.75. The molecule has 1 heterocycles. The number of aryl methyl sites for hydroxylation is 2. The lowest BCUT2D eigenvalue weighted by atomic mass is 9.99. The van der Waals surface area contributed by atoms with Gasteiger partial charge in [-0.15, -0.1) is 15.7 Å². The fourth-order valence-electron chi connectivity index (χ4n) is 4.07. The Morgan fingerprint density at radius 3 is 2.34 bits per heavy atom. The van der Waals surface area contributed by atoms with E-state index in [-0.39, 0.29) is 0 Å². The molecule has 2 aliphatic carbocycles. The second kappa shape index (κ2) is 7.46. The van der Waals surface area contributed by atoms with Crippen LogP contribution in [0.3, 0.4) is 0 Å².